The first kappa shape index (κ1) is 13.2. The van der Waals surface area contributed by atoms with Gasteiger partial charge in [-0.05, 0) is 35.9 Å². The Balaban J connectivity index is 1.75. The molecule has 22 heavy (non-hydrogen) atoms. The van der Waals surface area contributed by atoms with Crippen molar-refractivity contribution in [3.05, 3.63) is 47.8 Å². The molecule has 5 heteroatoms. The van der Waals surface area contributed by atoms with Crippen LogP contribution in [0.25, 0.3) is 11.0 Å². The summed E-state index contributed by atoms with van der Waals surface area (Å²) >= 11 is 0. The Labute approximate surface area is 128 Å². The van der Waals surface area contributed by atoms with Crippen LogP contribution >= 0.6 is 0 Å². The summed E-state index contributed by atoms with van der Waals surface area (Å²) in [4.78, 5) is 7.92. The van der Waals surface area contributed by atoms with Crippen molar-refractivity contribution in [3.63, 3.8) is 0 Å². The number of H-pyrrole nitrogens is 1. The Morgan fingerprint density at radius 1 is 1.18 bits per heavy atom. The molecule has 1 aliphatic rings. The van der Waals surface area contributed by atoms with Crippen LogP contribution < -0.4 is 15.4 Å². The molecule has 112 valence electrons. The molecule has 0 atom stereocenters. The van der Waals surface area contributed by atoms with Crippen molar-refractivity contribution in [3.8, 4) is 5.75 Å². The third-order valence-electron chi connectivity index (χ3n) is 4.11. The summed E-state index contributed by atoms with van der Waals surface area (Å²) in [5.74, 6) is 0.855. The third kappa shape index (κ3) is 2.19. The second-order valence-corrected chi connectivity index (χ2v) is 5.44. The van der Waals surface area contributed by atoms with Crippen molar-refractivity contribution in [1.82, 2.24) is 15.3 Å². The fourth-order valence-electron chi connectivity index (χ4n) is 3.00. The van der Waals surface area contributed by atoms with E-state index in [2.05, 4.69) is 20.6 Å². The van der Waals surface area contributed by atoms with Gasteiger partial charge in [0.15, 0.2) is 0 Å². The van der Waals surface area contributed by atoms with Crippen molar-refractivity contribution in [1.29, 1.82) is 0 Å². The van der Waals surface area contributed by atoms with E-state index in [0.29, 0.717) is 0 Å². The Bertz CT molecular complexity index is 807. The summed E-state index contributed by atoms with van der Waals surface area (Å²) in [7, 11) is 1.67. The van der Waals surface area contributed by atoms with Crippen molar-refractivity contribution >= 4 is 22.4 Å². The van der Waals surface area contributed by atoms with E-state index in [9.17, 15) is 0 Å². The lowest BCUT2D eigenvalue weighted by atomic mass is 10.1. The van der Waals surface area contributed by atoms with E-state index < -0.39 is 0 Å². The highest BCUT2D eigenvalue weighted by Crippen LogP contribution is 2.32. The first-order valence-corrected chi connectivity index (χ1v) is 7.45. The molecule has 4 rings (SSSR count). The molecule has 3 N–H and O–H groups in total. The molecular weight excluding hydrogens is 276 g/mol. The maximum absolute atomic E-state index is 5.20. The summed E-state index contributed by atoms with van der Waals surface area (Å²) in [6.07, 6.45) is 2.86. The summed E-state index contributed by atoms with van der Waals surface area (Å²) in [6.45, 7) is 1.90. The molecule has 0 saturated heterocycles. The van der Waals surface area contributed by atoms with Crippen molar-refractivity contribution in [2.45, 2.75) is 13.0 Å². The second-order valence-electron chi connectivity index (χ2n) is 5.44. The van der Waals surface area contributed by atoms with Crippen LogP contribution in [0.3, 0.4) is 0 Å². The van der Waals surface area contributed by atoms with Crippen LogP contribution in [0.2, 0.25) is 0 Å². The smallest absolute Gasteiger partial charge is 0.139 e. The van der Waals surface area contributed by atoms with Crippen molar-refractivity contribution in [2.75, 3.05) is 19.0 Å². The van der Waals surface area contributed by atoms with Gasteiger partial charge in [0.2, 0.25) is 0 Å². The number of hydrogen-bond donors (Lipinski definition) is 3. The van der Waals surface area contributed by atoms with Gasteiger partial charge in [-0.1, -0.05) is 0 Å². The van der Waals surface area contributed by atoms with Crippen molar-refractivity contribution < 1.29 is 4.74 Å². The van der Waals surface area contributed by atoms with Gasteiger partial charge in [0.25, 0.3) is 0 Å². The first-order chi connectivity index (χ1) is 10.8. The zero-order valence-electron chi connectivity index (χ0n) is 12.4. The normalized spacial score (nSPS) is 13.9. The molecule has 0 spiro atoms. The van der Waals surface area contributed by atoms with E-state index >= 15 is 0 Å². The van der Waals surface area contributed by atoms with E-state index in [-0.39, 0.29) is 0 Å². The van der Waals surface area contributed by atoms with Crippen LogP contribution in [0.15, 0.2) is 36.5 Å². The molecule has 3 heterocycles. The summed E-state index contributed by atoms with van der Waals surface area (Å²) < 4.78 is 5.20. The SMILES string of the molecule is COc1ccc(Nc2ccnc3[nH]c4c(c23)CNCC4)cc1. The maximum Gasteiger partial charge on any atom is 0.139 e. The Kier molecular flexibility index (Phi) is 3.20. The van der Waals surface area contributed by atoms with Gasteiger partial charge in [-0.3, -0.25) is 0 Å². The van der Waals surface area contributed by atoms with Crippen molar-refractivity contribution in [2.24, 2.45) is 0 Å². The number of hydrogen-bond acceptors (Lipinski definition) is 4. The third-order valence-corrected chi connectivity index (χ3v) is 4.11. The van der Waals surface area contributed by atoms with Crippen LogP contribution in [0, 0.1) is 0 Å². The number of fused-ring (bicyclic) bond motifs is 3. The second kappa shape index (κ2) is 5.35. The molecule has 0 saturated carbocycles. The van der Waals surface area contributed by atoms with E-state index in [4.69, 9.17) is 4.74 Å². The summed E-state index contributed by atoms with van der Waals surface area (Å²) in [5.41, 5.74) is 5.69. The molecule has 0 unspecified atom stereocenters. The highest BCUT2D eigenvalue weighted by atomic mass is 16.5. The molecule has 5 nitrogen and oxygen atoms in total. The fraction of sp³-hybridized carbons (Fsp3) is 0.235. The monoisotopic (exact) mass is 294 g/mol. The van der Waals surface area contributed by atoms with Crippen LogP contribution in [0.4, 0.5) is 11.4 Å². The van der Waals surface area contributed by atoms with E-state index in [1.165, 1.54) is 16.6 Å². The number of aromatic amines is 1. The highest BCUT2D eigenvalue weighted by molar-refractivity contribution is 5.95. The predicted octanol–water partition coefficient (Wildman–Crippen LogP) is 2.96. The zero-order valence-corrected chi connectivity index (χ0v) is 12.4. The largest absolute Gasteiger partial charge is 0.497 e. The number of nitrogens with zero attached hydrogens (tertiary/aromatic N) is 1. The van der Waals surface area contributed by atoms with Gasteiger partial charge in [0.1, 0.15) is 11.4 Å². The standard InChI is InChI=1S/C17H18N4O/c1-22-12-4-2-11(3-5-12)20-15-7-9-19-17-16(15)13-10-18-8-6-14(13)21-17/h2-5,7,9,18H,6,8,10H2,1H3,(H2,19,20,21). The quantitative estimate of drug-likeness (QED) is 0.695. The number of methoxy groups -OCH3 is 1. The van der Waals surface area contributed by atoms with Crippen LogP contribution in [-0.4, -0.2) is 23.6 Å². The minimum Gasteiger partial charge on any atom is -0.497 e. The Hall–Kier alpha value is -2.53. The van der Waals surface area contributed by atoms with Crippen LogP contribution in [0.1, 0.15) is 11.3 Å². The lowest BCUT2D eigenvalue weighted by molar-refractivity contribution is 0.415. The molecule has 0 amide bonds. The Morgan fingerprint density at radius 2 is 2.05 bits per heavy atom. The molecule has 0 fully saturated rings. The summed E-state index contributed by atoms with van der Waals surface area (Å²) in [5, 5.41) is 8.11. The number of pyridine rings is 1. The molecule has 0 bridgehead atoms. The van der Waals surface area contributed by atoms with Gasteiger partial charge in [-0.15, -0.1) is 0 Å². The fourth-order valence-corrected chi connectivity index (χ4v) is 3.00. The Morgan fingerprint density at radius 3 is 2.86 bits per heavy atom. The van der Waals surface area contributed by atoms with Gasteiger partial charge in [-0.2, -0.15) is 0 Å². The van der Waals surface area contributed by atoms with E-state index in [1.807, 2.05) is 36.5 Å². The number of anilines is 2. The maximum atomic E-state index is 5.20. The van der Waals surface area contributed by atoms with Crippen LogP contribution in [0.5, 0.6) is 5.75 Å². The van der Waals surface area contributed by atoms with Gasteiger partial charge in [0.05, 0.1) is 12.8 Å². The van der Waals surface area contributed by atoms with Gasteiger partial charge < -0.3 is 20.4 Å². The summed E-state index contributed by atoms with van der Waals surface area (Å²) in [6, 6.07) is 9.96. The lowest BCUT2D eigenvalue weighted by Gasteiger charge is -2.14. The molecule has 0 radical (unpaired) electrons. The van der Waals surface area contributed by atoms with Gasteiger partial charge in [0, 0.05) is 42.5 Å². The zero-order chi connectivity index (χ0) is 14.9. The number of aromatic nitrogens is 2. The molecule has 1 aromatic carbocycles. The average Bonchev–Trinajstić information content (AvgIpc) is 2.95. The molecular formula is C17H18N4O. The van der Waals surface area contributed by atoms with Crippen LogP contribution in [-0.2, 0) is 13.0 Å². The molecule has 0 aliphatic carbocycles. The molecule has 2 aromatic heterocycles. The number of benzene rings is 1. The number of rotatable bonds is 3. The van der Waals surface area contributed by atoms with Gasteiger partial charge in [-0.25, -0.2) is 4.98 Å². The lowest BCUT2D eigenvalue weighted by Crippen LogP contribution is -2.23. The average molecular weight is 294 g/mol. The first-order valence-electron chi connectivity index (χ1n) is 7.45. The minimum absolute atomic E-state index is 0.855. The molecule has 1 aliphatic heterocycles. The predicted molar refractivity (Wildman–Crippen MR) is 87.8 cm³/mol. The van der Waals surface area contributed by atoms with E-state index in [1.54, 1.807) is 7.11 Å². The number of nitrogens with one attached hydrogen (secondary N) is 3. The minimum atomic E-state index is 0.855. The van der Waals surface area contributed by atoms with E-state index in [0.717, 1.165) is 42.3 Å². The number of ether oxygens (including phenoxy) is 1. The topological polar surface area (TPSA) is 62.0 Å². The van der Waals surface area contributed by atoms with Gasteiger partial charge >= 0.3 is 0 Å². The highest BCUT2D eigenvalue weighted by Gasteiger charge is 2.18. The molecule has 3 aromatic rings.